The van der Waals surface area contributed by atoms with E-state index in [0.717, 1.165) is 16.2 Å². The van der Waals surface area contributed by atoms with Gasteiger partial charge in [0.05, 0.1) is 19.3 Å². The van der Waals surface area contributed by atoms with Gasteiger partial charge in [0, 0.05) is 32.0 Å². The van der Waals surface area contributed by atoms with Crippen molar-refractivity contribution >= 4 is 8.07 Å². The smallest absolute Gasteiger partial charge is 0.333 e. The molecule has 0 spiro atoms. The van der Waals surface area contributed by atoms with Crippen LogP contribution in [0.2, 0.25) is 25.7 Å². The Morgan fingerprint density at radius 1 is 1.12 bits per heavy atom. The third-order valence-corrected chi connectivity index (χ3v) is 7.94. The predicted molar refractivity (Wildman–Crippen MR) is 127 cm³/mol. The maximum Gasteiger partial charge on any atom is 0.333 e. The van der Waals surface area contributed by atoms with E-state index in [1.54, 1.807) is 6.92 Å². The van der Waals surface area contributed by atoms with E-state index in [0.29, 0.717) is 12.2 Å². The highest BCUT2D eigenvalue weighted by molar-refractivity contribution is 6.76. The Morgan fingerprint density at radius 3 is 2.56 bits per heavy atom. The molecule has 3 heterocycles. The van der Waals surface area contributed by atoms with Gasteiger partial charge in [0.1, 0.15) is 18.9 Å². The first-order valence-electron chi connectivity index (χ1n) is 11.6. The molecule has 2 saturated heterocycles. The summed E-state index contributed by atoms with van der Waals surface area (Å²) in [7, 11) is -1.31. The van der Waals surface area contributed by atoms with Crippen LogP contribution >= 0.6 is 0 Å². The number of aromatic nitrogens is 2. The lowest BCUT2D eigenvalue weighted by molar-refractivity contribution is -0.298. The Labute approximate surface area is 199 Å². The topological polar surface area (TPSA) is 80.9 Å². The van der Waals surface area contributed by atoms with Crippen LogP contribution in [0.4, 0.5) is 4.39 Å². The molecule has 0 amide bonds. The number of nitrogens with zero attached hydrogens (tertiary/aromatic N) is 2. The summed E-state index contributed by atoms with van der Waals surface area (Å²) in [6, 6.07) is 9.28. The van der Waals surface area contributed by atoms with Crippen LogP contribution in [0.3, 0.4) is 0 Å². The van der Waals surface area contributed by atoms with Crippen LogP contribution in [0.1, 0.15) is 23.5 Å². The molecule has 2 fully saturated rings. The van der Waals surface area contributed by atoms with Gasteiger partial charge in [-0.2, -0.15) is 0 Å². The minimum Gasteiger partial charge on any atom is -0.371 e. The van der Waals surface area contributed by atoms with Crippen molar-refractivity contribution in [2.45, 2.75) is 70.1 Å². The summed E-state index contributed by atoms with van der Waals surface area (Å²) < 4.78 is 41.3. The monoisotopic (exact) mass is 492 g/mol. The number of benzene rings is 1. The molecule has 8 nitrogen and oxygen atoms in total. The van der Waals surface area contributed by atoms with Gasteiger partial charge in [0.25, 0.3) is 5.56 Å². The van der Waals surface area contributed by atoms with E-state index in [-0.39, 0.29) is 19.9 Å². The third-order valence-electron chi connectivity index (χ3n) is 6.23. The number of alkyl halides is 1. The van der Waals surface area contributed by atoms with Crippen molar-refractivity contribution in [2.24, 2.45) is 0 Å². The molecule has 1 aromatic carbocycles. The summed E-state index contributed by atoms with van der Waals surface area (Å²) in [5.74, 6) is 0. The van der Waals surface area contributed by atoms with Gasteiger partial charge in [0.2, 0.25) is 0 Å². The van der Waals surface area contributed by atoms with Crippen molar-refractivity contribution < 1.29 is 23.3 Å². The summed E-state index contributed by atoms with van der Waals surface area (Å²) in [6.07, 6.45) is -2.31. The molecule has 2 aromatic rings. The average molecular weight is 493 g/mol. The number of rotatable bonds is 7. The van der Waals surface area contributed by atoms with Gasteiger partial charge in [-0.15, -0.1) is 0 Å². The second-order valence-electron chi connectivity index (χ2n) is 10.1. The molecule has 0 aliphatic carbocycles. The molecule has 5 atom stereocenters. The van der Waals surface area contributed by atoms with Crippen molar-refractivity contribution in [2.75, 3.05) is 19.8 Å². The zero-order valence-corrected chi connectivity index (χ0v) is 21.1. The van der Waals surface area contributed by atoms with Gasteiger partial charge in [-0.25, -0.2) is 13.8 Å². The number of hydrogen-bond donors (Lipinski definition) is 0. The molecular weight excluding hydrogens is 459 g/mol. The van der Waals surface area contributed by atoms with Gasteiger partial charge in [-0.05, 0) is 13.0 Å². The minimum atomic E-state index is -1.52. The van der Waals surface area contributed by atoms with Crippen molar-refractivity contribution in [3.63, 3.8) is 0 Å². The van der Waals surface area contributed by atoms with Crippen LogP contribution in [0, 0.1) is 6.92 Å². The van der Waals surface area contributed by atoms with Gasteiger partial charge >= 0.3 is 5.69 Å². The molecule has 4 rings (SSSR count). The Bertz CT molecular complexity index is 1100. The van der Waals surface area contributed by atoms with Crippen molar-refractivity contribution in [3.05, 3.63) is 68.5 Å². The van der Waals surface area contributed by atoms with Crippen LogP contribution < -0.4 is 11.2 Å². The first-order chi connectivity index (χ1) is 16.2. The maximum atomic E-state index is 15.8. The summed E-state index contributed by atoms with van der Waals surface area (Å²) >= 11 is 0. The Morgan fingerprint density at radius 2 is 1.85 bits per heavy atom. The lowest BCUT2D eigenvalue weighted by Gasteiger charge is -2.44. The predicted octanol–water partition coefficient (Wildman–Crippen LogP) is 3.02. The molecule has 0 bridgehead atoms. The molecular formula is C24H33FN2O6Si. The molecule has 0 N–H and O–H groups in total. The molecule has 34 heavy (non-hydrogen) atoms. The van der Waals surface area contributed by atoms with Gasteiger partial charge < -0.3 is 18.9 Å². The lowest BCUT2D eigenvalue weighted by Crippen LogP contribution is -2.57. The minimum absolute atomic E-state index is 0.0287. The molecule has 1 aromatic heterocycles. The Hall–Kier alpha value is -2.11. The first kappa shape index (κ1) is 25.0. The fourth-order valence-electron chi connectivity index (χ4n) is 4.17. The van der Waals surface area contributed by atoms with Crippen LogP contribution in [0.5, 0.6) is 0 Å². The highest BCUT2D eigenvalue weighted by Gasteiger charge is 2.47. The third kappa shape index (κ3) is 5.41. The molecule has 1 unspecified atom stereocenters. The van der Waals surface area contributed by atoms with Gasteiger partial charge in [0.15, 0.2) is 12.5 Å². The van der Waals surface area contributed by atoms with E-state index in [1.165, 1.54) is 10.8 Å². The fraction of sp³-hybridized carbons (Fsp3) is 0.583. The molecule has 2 aliphatic rings. The standard InChI is InChI=1S/C24H33FN2O6Si/c1-16-12-26(24(29)27(22(16)28)15-30-10-11-34(2,3)4)18-13-31-19-14-32-23(33-21(19)20(18)25)17-8-6-5-7-9-17/h5-9,12,18-21,23H,10-11,13-15H2,1-4H3/t18-,19-,20+,21-,23?/m1/s1. The largest absolute Gasteiger partial charge is 0.371 e. The first-order valence-corrected chi connectivity index (χ1v) is 15.3. The van der Waals surface area contributed by atoms with Crippen LogP contribution in [-0.4, -0.2) is 55.4 Å². The molecule has 0 saturated carbocycles. The number of ether oxygens (including phenoxy) is 4. The average Bonchev–Trinajstić information content (AvgIpc) is 2.81. The highest BCUT2D eigenvalue weighted by atomic mass is 28.3. The van der Waals surface area contributed by atoms with E-state index in [2.05, 4.69) is 19.6 Å². The summed E-state index contributed by atoms with van der Waals surface area (Å²) in [5, 5.41) is 0. The van der Waals surface area contributed by atoms with E-state index >= 15 is 4.39 Å². The molecule has 186 valence electrons. The number of halogens is 1. The number of hydrogen-bond acceptors (Lipinski definition) is 6. The van der Waals surface area contributed by atoms with E-state index in [4.69, 9.17) is 18.9 Å². The maximum absolute atomic E-state index is 15.8. The SMILES string of the molecule is Cc1cn([C@@H]2CO[C@@H]3COC(c4ccccc4)O[C@H]3[C@H]2F)c(=O)n(COCC[Si](C)(C)C)c1=O. The highest BCUT2D eigenvalue weighted by Crippen LogP contribution is 2.36. The normalized spacial score (nSPS) is 27.4. The number of fused-ring (bicyclic) bond motifs is 1. The van der Waals surface area contributed by atoms with Crippen LogP contribution in [-0.2, 0) is 25.7 Å². The second kappa shape index (κ2) is 10.2. The van der Waals surface area contributed by atoms with Gasteiger partial charge in [-0.3, -0.25) is 9.36 Å². The summed E-state index contributed by atoms with van der Waals surface area (Å²) in [5.41, 5.74) is 0.0563. The second-order valence-corrected chi connectivity index (χ2v) is 15.8. The quantitative estimate of drug-likeness (QED) is 0.437. The van der Waals surface area contributed by atoms with E-state index in [9.17, 15) is 9.59 Å². The van der Waals surface area contributed by atoms with Crippen LogP contribution in [0.15, 0.2) is 46.1 Å². The van der Waals surface area contributed by atoms with Crippen molar-refractivity contribution in [3.8, 4) is 0 Å². The Kier molecular flexibility index (Phi) is 7.53. The van der Waals surface area contributed by atoms with E-state index < -0.39 is 50.0 Å². The zero-order chi connectivity index (χ0) is 24.5. The molecule has 10 heteroatoms. The molecule has 2 aliphatic heterocycles. The van der Waals surface area contributed by atoms with Gasteiger partial charge in [-0.1, -0.05) is 50.0 Å². The number of aryl methyl sites for hydroxylation is 1. The summed E-state index contributed by atoms with van der Waals surface area (Å²) in [4.78, 5) is 25.8. The zero-order valence-electron chi connectivity index (χ0n) is 20.1. The lowest BCUT2D eigenvalue weighted by atomic mass is 9.98. The Balaban J connectivity index is 1.54. The fourth-order valence-corrected chi connectivity index (χ4v) is 4.92. The van der Waals surface area contributed by atoms with E-state index in [1.807, 2.05) is 30.3 Å². The van der Waals surface area contributed by atoms with Crippen molar-refractivity contribution in [1.82, 2.24) is 9.13 Å². The van der Waals surface area contributed by atoms with Crippen molar-refractivity contribution in [1.29, 1.82) is 0 Å². The van der Waals surface area contributed by atoms with Crippen LogP contribution in [0.25, 0.3) is 0 Å². The summed E-state index contributed by atoms with van der Waals surface area (Å²) in [6.45, 7) is 8.73. The molecule has 0 radical (unpaired) electrons.